The Bertz CT molecular complexity index is 593. The van der Waals surface area contributed by atoms with Crippen molar-refractivity contribution in [1.82, 2.24) is 9.78 Å². The molecule has 0 bridgehead atoms. The van der Waals surface area contributed by atoms with E-state index in [0.29, 0.717) is 6.54 Å². The molecule has 0 unspecified atom stereocenters. The van der Waals surface area contributed by atoms with Crippen molar-refractivity contribution in [3.05, 3.63) is 46.0 Å². The lowest BCUT2D eigenvalue weighted by Gasteiger charge is -2.07. The van der Waals surface area contributed by atoms with Gasteiger partial charge in [0.1, 0.15) is 5.82 Å². The average molecular weight is 282 g/mol. The summed E-state index contributed by atoms with van der Waals surface area (Å²) in [5.41, 5.74) is 9.65. The number of halogens is 2. The predicted octanol–water partition coefficient (Wildman–Crippen LogP) is 3.43. The molecule has 0 amide bonds. The average Bonchev–Trinajstić information content (AvgIpc) is 2.69. The lowest BCUT2D eigenvalue weighted by atomic mass is 10.2. The molecule has 0 spiro atoms. The van der Waals surface area contributed by atoms with Crippen LogP contribution < -0.4 is 5.73 Å². The topological polar surface area (TPSA) is 43.8 Å². The van der Waals surface area contributed by atoms with E-state index >= 15 is 0 Å². The first kappa shape index (κ1) is 13.9. The molecule has 102 valence electrons. The summed E-state index contributed by atoms with van der Waals surface area (Å²) < 4.78 is 15.0. The van der Waals surface area contributed by atoms with Crippen LogP contribution in [0.3, 0.4) is 0 Å². The molecule has 0 saturated heterocycles. The van der Waals surface area contributed by atoms with Crippen molar-refractivity contribution in [2.45, 2.75) is 33.2 Å². The Morgan fingerprint density at radius 1 is 1.32 bits per heavy atom. The molecule has 0 aliphatic carbocycles. The summed E-state index contributed by atoms with van der Waals surface area (Å²) in [5, 5.41) is 4.63. The van der Waals surface area contributed by atoms with Gasteiger partial charge in [-0.05, 0) is 30.5 Å². The number of nitrogen functional groups attached to an aromatic ring is 1. The zero-order valence-corrected chi connectivity index (χ0v) is 11.8. The molecule has 2 aromatic rings. The molecule has 3 nitrogen and oxygen atoms in total. The minimum Gasteiger partial charge on any atom is -0.396 e. The van der Waals surface area contributed by atoms with Gasteiger partial charge in [0.25, 0.3) is 0 Å². The molecule has 0 aliphatic rings. The molecule has 1 aromatic heterocycles. The summed E-state index contributed by atoms with van der Waals surface area (Å²) in [6, 6.07) is 4.71. The largest absolute Gasteiger partial charge is 0.396 e. The molecule has 0 fully saturated rings. The molecule has 2 N–H and O–H groups in total. The second-order valence-electron chi connectivity index (χ2n) is 4.42. The number of hydrogen-bond acceptors (Lipinski definition) is 2. The van der Waals surface area contributed by atoms with Crippen LogP contribution in [0.15, 0.2) is 18.2 Å². The number of anilines is 1. The fourth-order valence-corrected chi connectivity index (χ4v) is 2.34. The van der Waals surface area contributed by atoms with Crippen LogP contribution in [0.25, 0.3) is 0 Å². The van der Waals surface area contributed by atoms with E-state index in [1.165, 1.54) is 6.07 Å². The van der Waals surface area contributed by atoms with E-state index in [9.17, 15) is 4.39 Å². The van der Waals surface area contributed by atoms with E-state index in [4.69, 9.17) is 17.3 Å². The summed E-state index contributed by atoms with van der Waals surface area (Å²) in [6.07, 6.45) is 1.61. The van der Waals surface area contributed by atoms with Crippen molar-refractivity contribution in [3.8, 4) is 0 Å². The summed E-state index contributed by atoms with van der Waals surface area (Å²) in [6.45, 7) is 4.62. The molecule has 0 radical (unpaired) electrons. The van der Waals surface area contributed by atoms with Gasteiger partial charge in [-0.2, -0.15) is 5.10 Å². The SMILES string of the molecule is CCc1nn(Cc2ccc(F)c(Cl)c2)c(CC)c1N. The molecule has 0 aliphatic heterocycles. The maximum atomic E-state index is 13.1. The smallest absolute Gasteiger partial charge is 0.141 e. The first-order valence-electron chi connectivity index (χ1n) is 6.34. The van der Waals surface area contributed by atoms with E-state index in [-0.39, 0.29) is 5.02 Å². The van der Waals surface area contributed by atoms with E-state index in [1.807, 2.05) is 18.5 Å². The third-order valence-corrected chi connectivity index (χ3v) is 3.45. The van der Waals surface area contributed by atoms with Gasteiger partial charge in [-0.3, -0.25) is 4.68 Å². The van der Waals surface area contributed by atoms with Crippen molar-refractivity contribution in [2.24, 2.45) is 0 Å². The number of rotatable bonds is 4. The zero-order valence-electron chi connectivity index (χ0n) is 11.1. The number of nitrogens with two attached hydrogens (primary N) is 1. The molecular formula is C14H17ClFN3. The van der Waals surface area contributed by atoms with Crippen LogP contribution in [-0.2, 0) is 19.4 Å². The van der Waals surface area contributed by atoms with Gasteiger partial charge < -0.3 is 5.73 Å². The van der Waals surface area contributed by atoms with Gasteiger partial charge >= 0.3 is 0 Å². The highest BCUT2D eigenvalue weighted by Gasteiger charge is 2.13. The Labute approximate surface area is 117 Å². The Morgan fingerprint density at radius 3 is 2.63 bits per heavy atom. The second-order valence-corrected chi connectivity index (χ2v) is 4.83. The van der Waals surface area contributed by atoms with Gasteiger partial charge in [-0.25, -0.2) is 4.39 Å². The van der Waals surface area contributed by atoms with Crippen LogP contribution in [0.1, 0.15) is 30.8 Å². The van der Waals surface area contributed by atoms with Gasteiger partial charge in [-0.1, -0.05) is 31.5 Å². The van der Waals surface area contributed by atoms with E-state index in [0.717, 1.165) is 35.5 Å². The van der Waals surface area contributed by atoms with Crippen molar-refractivity contribution >= 4 is 17.3 Å². The first-order chi connectivity index (χ1) is 9.06. The highest BCUT2D eigenvalue weighted by atomic mass is 35.5. The number of nitrogens with zero attached hydrogens (tertiary/aromatic N) is 2. The fourth-order valence-electron chi connectivity index (χ4n) is 2.14. The van der Waals surface area contributed by atoms with E-state index in [2.05, 4.69) is 5.10 Å². The normalized spacial score (nSPS) is 10.9. The number of benzene rings is 1. The quantitative estimate of drug-likeness (QED) is 0.933. The molecule has 0 atom stereocenters. The maximum Gasteiger partial charge on any atom is 0.141 e. The number of aryl methyl sites for hydroxylation is 1. The minimum atomic E-state index is -0.407. The van der Waals surface area contributed by atoms with Crippen molar-refractivity contribution in [3.63, 3.8) is 0 Å². The first-order valence-corrected chi connectivity index (χ1v) is 6.72. The minimum absolute atomic E-state index is 0.131. The maximum absolute atomic E-state index is 13.1. The van der Waals surface area contributed by atoms with Crippen molar-refractivity contribution in [1.29, 1.82) is 0 Å². The summed E-state index contributed by atoms with van der Waals surface area (Å²) in [7, 11) is 0. The fraction of sp³-hybridized carbons (Fsp3) is 0.357. The Balaban J connectivity index is 2.34. The Hall–Kier alpha value is -1.55. The highest BCUT2D eigenvalue weighted by Crippen LogP contribution is 2.21. The van der Waals surface area contributed by atoms with Crippen LogP contribution in [0, 0.1) is 5.82 Å². The standard InChI is InChI=1S/C14H17ClFN3/c1-3-12-14(17)13(4-2)19(18-12)8-9-5-6-11(16)10(15)7-9/h5-7H,3-4,8,17H2,1-2H3. The molecule has 1 aromatic carbocycles. The molecular weight excluding hydrogens is 265 g/mol. The van der Waals surface area contributed by atoms with Gasteiger partial charge in [-0.15, -0.1) is 0 Å². The summed E-state index contributed by atoms with van der Waals surface area (Å²) >= 11 is 5.79. The Kier molecular flexibility index (Phi) is 4.10. The van der Waals surface area contributed by atoms with Crippen molar-refractivity contribution < 1.29 is 4.39 Å². The zero-order chi connectivity index (χ0) is 14.0. The molecule has 0 saturated carbocycles. The van der Waals surface area contributed by atoms with Crippen molar-refractivity contribution in [2.75, 3.05) is 5.73 Å². The van der Waals surface area contributed by atoms with Gasteiger partial charge in [0.2, 0.25) is 0 Å². The van der Waals surface area contributed by atoms with Gasteiger partial charge in [0.05, 0.1) is 28.6 Å². The van der Waals surface area contributed by atoms with Crippen LogP contribution in [0.4, 0.5) is 10.1 Å². The monoisotopic (exact) mass is 281 g/mol. The van der Waals surface area contributed by atoms with Crippen LogP contribution in [-0.4, -0.2) is 9.78 Å². The Morgan fingerprint density at radius 2 is 2.05 bits per heavy atom. The van der Waals surface area contributed by atoms with Gasteiger partial charge in [0, 0.05) is 0 Å². The lowest BCUT2D eigenvalue weighted by molar-refractivity contribution is 0.620. The molecule has 2 rings (SSSR count). The molecule has 1 heterocycles. The number of aromatic nitrogens is 2. The third-order valence-electron chi connectivity index (χ3n) is 3.16. The number of hydrogen-bond donors (Lipinski definition) is 1. The van der Waals surface area contributed by atoms with Gasteiger partial charge in [0.15, 0.2) is 0 Å². The highest BCUT2D eigenvalue weighted by molar-refractivity contribution is 6.30. The molecule has 5 heteroatoms. The predicted molar refractivity (Wildman–Crippen MR) is 75.9 cm³/mol. The van der Waals surface area contributed by atoms with E-state index in [1.54, 1.807) is 12.1 Å². The third kappa shape index (κ3) is 2.73. The lowest BCUT2D eigenvalue weighted by Crippen LogP contribution is -2.07. The second kappa shape index (κ2) is 5.61. The van der Waals surface area contributed by atoms with Crippen LogP contribution in [0.2, 0.25) is 5.02 Å². The summed E-state index contributed by atoms with van der Waals surface area (Å²) in [5.74, 6) is -0.407. The van der Waals surface area contributed by atoms with Crippen LogP contribution >= 0.6 is 11.6 Å². The molecule has 19 heavy (non-hydrogen) atoms. The summed E-state index contributed by atoms with van der Waals surface area (Å²) in [4.78, 5) is 0. The van der Waals surface area contributed by atoms with E-state index < -0.39 is 5.82 Å². The van der Waals surface area contributed by atoms with Crippen LogP contribution in [0.5, 0.6) is 0 Å².